The molecule has 1 aromatic rings. The molecular formula is C15H21OS+. The number of ether oxygens (including phenoxy) is 1. The van der Waals surface area contributed by atoms with Gasteiger partial charge < -0.3 is 4.74 Å². The third kappa shape index (κ3) is 2.69. The van der Waals surface area contributed by atoms with Crippen LogP contribution in [0.1, 0.15) is 37.2 Å². The minimum Gasteiger partial charge on any atom is -0.372 e. The monoisotopic (exact) mass is 249 g/mol. The topological polar surface area (TPSA) is 9.23 Å². The molecule has 1 aromatic carbocycles. The Balaban J connectivity index is 1.70. The molecule has 1 heterocycles. The molecule has 0 spiro atoms. The Labute approximate surface area is 107 Å². The molecule has 17 heavy (non-hydrogen) atoms. The van der Waals surface area contributed by atoms with Gasteiger partial charge in [-0.1, -0.05) is 25.0 Å². The molecule has 0 radical (unpaired) electrons. The maximum Gasteiger partial charge on any atom is 0.155 e. The Hall–Kier alpha value is -0.470. The van der Waals surface area contributed by atoms with Gasteiger partial charge in [-0.15, -0.1) is 0 Å². The molecule has 0 N–H and O–H groups in total. The van der Waals surface area contributed by atoms with Crippen molar-refractivity contribution in [3.63, 3.8) is 0 Å². The van der Waals surface area contributed by atoms with Gasteiger partial charge in [-0.2, -0.15) is 0 Å². The van der Waals surface area contributed by atoms with Crippen molar-refractivity contribution in [1.82, 2.24) is 0 Å². The average Bonchev–Trinajstić information content (AvgIpc) is 2.94. The van der Waals surface area contributed by atoms with Crippen LogP contribution in [-0.4, -0.2) is 24.7 Å². The standard InChI is InChI=1S/C15H21OS/c1-2-4-13(3-1)14-5-7-15(8-6-14)17-11-9-16-10-12-17/h5-8,13H,1-4,9-12H2/q+1. The van der Waals surface area contributed by atoms with Crippen LogP contribution in [0.25, 0.3) is 0 Å². The summed E-state index contributed by atoms with van der Waals surface area (Å²) in [5.74, 6) is 3.30. The van der Waals surface area contributed by atoms with Crippen LogP contribution < -0.4 is 0 Å². The molecule has 0 atom stereocenters. The molecule has 1 saturated carbocycles. The fourth-order valence-corrected chi connectivity index (χ4v) is 4.79. The number of rotatable bonds is 2. The summed E-state index contributed by atoms with van der Waals surface area (Å²) in [7, 11) is 0.457. The van der Waals surface area contributed by atoms with Crippen molar-refractivity contribution < 1.29 is 4.74 Å². The molecule has 2 heteroatoms. The highest BCUT2D eigenvalue weighted by molar-refractivity contribution is 7.97. The maximum absolute atomic E-state index is 5.43. The lowest BCUT2D eigenvalue weighted by molar-refractivity contribution is 0.159. The van der Waals surface area contributed by atoms with E-state index in [4.69, 9.17) is 4.74 Å². The van der Waals surface area contributed by atoms with Gasteiger partial charge in [0.1, 0.15) is 11.5 Å². The van der Waals surface area contributed by atoms with E-state index < -0.39 is 0 Å². The second-order valence-corrected chi connectivity index (χ2v) is 7.34. The zero-order valence-electron chi connectivity index (χ0n) is 10.4. The molecule has 3 rings (SSSR count). The van der Waals surface area contributed by atoms with Gasteiger partial charge in [0.05, 0.1) is 13.2 Å². The second kappa shape index (κ2) is 5.45. The molecule has 1 saturated heterocycles. The van der Waals surface area contributed by atoms with E-state index in [1.807, 2.05) is 0 Å². The van der Waals surface area contributed by atoms with E-state index in [0.717, 1.165) is 19.1 Å². The molecule has 1 aliphatic heterocycles. The van der Waals surface area contributed by atoms with Crippen LogP contribution >= 0.6 is 0 Å². The Kier molecular flexibility index (Phi) is 3.72. The molecule has 0 amide bonds. The number of hydrogen-bond donors (Lipinski definition) is 0. The number of hydrogen-bond acceptors (Lipinski definition) is 1. The minimum absolute atomic E-state index is 0.457. The molecule has 0 aromatic heterocycles. The summed E-state index contributed by atoms with van der Waals surface area (Å²) in [6, 6.07) is 9.52. The smallest absolute Gasteiger partial charge is 0.155 e. The minimum atomic E-state index is 0.457. The van der Waals surface area contributed by atoms with E-state index >= 15 is 0 Å². The van der Waals surface area contributed by atoms with Crippen molar-refractivity contribution in [3.05, 3.63) is 29.8 Å². The lowest BCUT2D eigenvalue weighted by Gasteiger charge is -2.15. The largest absolute Gasteiger partial charge is 0.372 e. The molecule has 1 nitrogen and oxygen atoms in total. The van der Waals surface area contributed by atoms with E-state index in [2.05, 4.69) is 24.3 Å². The van der Waals surface area contributed by atoms with Crippen LogP contribution in [-0.2, 0) is 15.6 Å². The SMILES string of the molecule is c1cc([S+]2CCOCC2)ccc1C1CCCC1. The third-order valence-electron chi connectivity index (χ3n) is 3.99. The van der Waals surface area contributed by atoms with E-state index in [1.165, 1.54) is 37.2 Å². The first-order valence-corrected chi connectivity index (χ1v) is 8.35. The first-order chi connectivity index (χ1) is 8.43. The van der Waals surface area contributed by atoms with Gasteiger partial charge in [0.25, 0.3) is 0 Å². The van der Waals surface area contributed by atoms with Gasteiger partial charge in [0, 0.05) is 10.9 Å². The first-order valence-electron chi connectivity index (χ1n) is 6.79. The van der Waals surface area contributed by atoms with E-state index in [-0.39, 0.29) is 0 Å². The lowest BCUT2D eigenvalue weighted by atomic mass is 9.98. The van der Waals surface area contributed by atoms with Crippen LogP contribution in [0.3, 0.4) is 0 Å². The summed E-state index contributed by atoms with van der Waals surface area (Å²) in [6.45, 7) is 1.90. The fraction of sp³-hybridized carbons (Fsp3) is 0.600. The zero-order chi connectivity index (χ0) is 11.5. The summed E-state index contributed by atoms with van der Waals surface area (Å²) in [5.41, 5.74) is 1.57. The van der Waals surface area contributed by atoms with E-state index in [9.17, 15) is 0 Å². The van der Waals surface area contributed by atoms with Crippen LogP contribution in [0.5, 0.6) is 0 Å². The fourth-order valence-electron chi connectivity index (χ4n) is 2.95. The first kappa shape index (κ1) is 11.6. The van der Waals surface area contributed by atoms with Crippen molar-refractivity contribution in [2.45, 2.75) is 36.5 Å². The van der Waals surface area contributed by atoms with Gasteiger partial charge in [-0.05, 0) is 36.5 Å². The van der Waals surface area contributed by atoms with Gasteiger partial charge >= 0.3 is 0 Å². The summed E-state index contributed by atoms with van der Waals surface area (Å²) in [4.78, 5) is 1.55. The zero-order valence-corrected chi connectivity index (χ0v) is 11.2. The lowest BCUT2D eigenvalue weighted by Crippen LogP contribution is -2.26. The maximum atomic E-state index is 5.43. The highest BCUT2D eigenvalue weighted by atomic mass is 32.2. The van der Waals surface area contributed by atoms with Gasteiger partial charge in [-0.25, -0.2) is 0 Å². The molecule has 0 unspecified atom stereocenters. The van der Waals surface area contributed by atoms with E-state index in [0.29, 0.717) is 10.9 Å². The van der Waals surface area contributed by atoms with Crippen molar-refractivity contribution in [1.29, 1.82) is 0 Å². The summed E-state index contributed by atoms with van der Waals surface area (Å²) in [5, 5.41) is 0. The predicted octanol–water partition coefficient (Wildman–Crippen LogP) is 3.35. The summed E-state index contributed by atoms with van der Waals surface area (Å²) >= 11 is 0. The van der Waals surface area contributed by atoms with Crippen molar-refractivity contribution >= 4 is 10.9 Å². The Morgan fingerprint density at radius 1 is 0.941 bits per heavy atom. The molecule has 2 fully saturated rings. The van der Waals surface area contributed by atoms with Crippen LogP contribution in [0.15, 0.2) is 29.2 Å². The Morgan fingerprint density at radius 2 is 1.59 bits per heavy atom. The predicted molar refractivity (Wildman–Crippen MR) is 73.8 cm³/mol. The third-order valence-corrected chi connectivity index (χ3v) is 6.25. The van der Waals surface area contributed by atoms with Crippen molar-refractivity contribution in [3.8, 4) is 0 Å². The van der Waals surface area contributed by atoms with Gasteiger partial charge in [0.2, 0.25) is 0 Å². The van der Waals surface area contributed by atoms with E-state index in [1.54, 1.807) is 10.5 Å². The highest BCUT2D eigenvalue weighted by Crippen LogP contribution is 2.34. The summed E-state index contributed by atoms with van der Waals surface area (Å²) < 4.78 is 5.43. The van der Waals surface area contributed by atoms with Crippen LogP contribution in [0.4, 0.5) is 0 Å². The van der Waals surface area contributed by atoms with Crippen LogP contribution in [0, 0.1) is 0 Å². The van der Waals surface area contributed by atoms with Gasteiger partial charge in [0.15, 0.2) is 4.90 Å². The molecule has 2 aliphatic rings. The Bertz CT molecular complexity index is 348. The van der Waals surface area contributed by atoms with Crippen molar-refractivity contribution in [2.75, 3.05) is 24.7 Å². The number of benzene rings is 1. The molecular weight excluding hydrogens is 228 g/mol. The normalized spacial score (nSPS) is 23.1. The summed E-state index contributed by atoms with van der Waals surface area (Å²) in [6.07, 6.45) is 5.65. The second-order valence-electron chi connectivity index (χ2n) is 5.06. The van der Waals surface area contributed by atoms with Gasteiger partial charge in [-0.3, -0.25) is 0 Å². The van der Waals surface area contributed by atoms with Crippen molar-refractivity contribution in [2.24, 2.45) is 0 Å². The Morgan fingerprint density at radius 3 is 2.24 bits per heavy atom. The highest BCUT2D eigenvalue weighted by Gasteiger charge is 2.25. The molecule has 0 bridgehead atoms. The molecule has 92 valence electrons. The quantitative estimate of drug-likeness (QED) is 0.730. The molecule has 1 aliphatic carbocycles. The average molecular weight is 249 g/mol. The van der Waals surface area contributed by atoms with Crippen LogP contribution in [0.2, 0.25) is 0 Å².